The molecule has 31 heavy (non-hydrogen) atoms. The van der Waals surface area contributed by atoms with Crippen molar-refractivity contribution in [3.63, 3.8) is 0 Å². The summed E-state index contributed by atoms with van der Waals surface area (Å²) >= 11 is 1.83. The van der Waals surface area contributed by atoms with Crippen molar-refractivity contribution in [1.29, 1.82) is 0 Å². The number of para-hydroxylation sites is 3. The van der Waals surface area contributed by atoms with Crippen LogP contribution in [0, 0.1) is 7.43 Å². The van der Waals surface area contributed by atoms with E-state index in [0.29, 0.717) is 12.2 Å². The van der Waals surface area contributed by atoms with Crippen molar-refractivity contribution < 1.29 is 57.1 Å². The fraction of sp³-hybridized carbons (Fsp3) is 0.0417. The smallest absolute Gasteiger partial charge is 0.868 e. The van der Waals surface area contributed by atoms with Crippen molar-refractivity contribution in [1.82, 2.24) is 0 Å². The minimum atomic E-state index is 0. The van der Waals surface area contributed by atoms with Crippen LogP contribution in [0.15, 0.2) is 85.1 Å². The van der Waals surface area contributed by atoms with Crippen molar-refractivity contribution >= 4 is 32.5 Å². The summed E-state index contributed by atoms with van der Waals surface area (Å²) in [5, 5.41) is 13.4. The number of benzene rings is 3. The number of pyridine rings is 1. The van der Waals surface area contributed by atoms with Crippen LogP contribution in [0.5, 0.6) is 11.5 Å². The number of rotatable bonds is 0. The number of ether oxygens (including phenoxy) is 1. The van der Waals surface area contributed by atoms with E-state index in [0.717, 1.165) is 11.1 Å². The molecular weight excluding hydrogens is 394 g/mol. The molecule has 3 heterocycles. The van der Waals surface area contributed by atoms with Gasteiger partial charge in [0.2, 0.25) is 11.0 Å². The zero-order valence-corrected chi connectivity index (χ0v) is 18.8. The summed E-state index contributed by atoms with van der Waals surface area (Å²) in [6.45, 7) is 0.608. The summed E-state index contributed by atoms with van der Waals surface area (Å²) in [6.07, 6.45) is 1.75. The van der Waals surface area contributed by atoms with Crippen molar-refractivity contribution in [2.75, 3.05) is 0 Å². The van der Waals surface area contributed by atoms with Gasteiger partial charge in [-0.1, -0.05) is 47.7 Å². The molecule has 0 atom stereocenters. The minimum absolute atomic E-state index is 0. The van der Waals surface area contributed by atoms with Gasteiger partial charge < -0.3 is 17.3 Å². The molecule has 0 radical (unpaired) electrons. The van der Waals surface area contributed by atoms with Crippen molar-refractivity contribution in [2.24, 2.45) is 0 Å². The molecule has 144 valence electrons. The standard InChI is InChI=1S/C14H10NOS.C9H7NO.CH3.2Li/c1-3-7-12-10(5-1)14-15(9-16-12)11-6-2-4-8-13(11)17-14;11-8-5-1-3-7-4-2-6-10-9(7)8;;;/h1-8H,9H2;1-6,11H;1H3;;/q+1;;-1;2*+1. The Hall–Kier alpha value is -2.25. The number of fused-ring (bicyclic) bond motifs is 6. The summed E-state index contributed by atoms with van der Waals surface area (Å²) in [4.78, 5) is 2.91. The van der Waals surface area contributed by atoms with Gasteiger partial charge in [-0.05, 0) is 36.1 Å². The van der Waals surface area contributed by atoms with E-state index in [-0.39, 0.29) is 50.9 Å². The zero-order valence-electron chi connectivity index (χ0n) is 18.0. The molecule has 0 saturated carbocycles. The first-order chi connectivity index (χ1) is 13.8. The van der Waals surface area contributed by atoms with Gasteiger partial charge in [0.05, 0.1) is 5.56 Å². The quantitative estimate of drug-likeness (QED) is 0.174. The van der Waals surface area contributed by atoms with Gasteiger partial charge in [-0.25, -0.2) is 4.98 Å². The van der Waals surface area contributed by atoms with E-state index in [4.69, 9.17) is 4.74 Å². The Bertz CT molecular complexity index is 1300. The third-order valence-corrected chi connectivity index (χ3v) is 5.93. The van der Waals surface area contributed by atoms with Gasteiger partial charge in [0.25, 0.3) is 11.7 Å². The first kappa shape index (κ1) is 25.0. The molecule has 0 spiro atoms. The van der Waals surface area contributed by atoms with Crippen molar-refractivity contribution in [3.8, 4) is 22.1 Å². The molecule has 1 aliphatic rings. The average Bonchev–Trinajstić information content (AvgIpc) is 3.14. The molecule has 0 unspecified atom stereocenters. The number of hydrogen-bond acceptors (Lipinski definition) is 3. The molecule has 0 fully saturated rings. The molecule has 4 nitrogen and oxygen atoms in total. The number of aromatic nitrogens is 2. The predicted molar refractivity (Wildman–Crippen MR) is 114 cm³/mol. The van der Waals surface area contributed by atoms with Crippen LogP contribution in [0.2, 0.25) is 0 Å². The molecule has 6 rings (SSSR count). The number of H-pyrrole nitrogens is 1. The van der Waals surface area contributed by atoms with E-state index in [9.17, 15) is 5.11 Å². The Kier molecular flexibility index (Phi) is 8.77. The van der Waals surface area contributed by atoms with Gasteiger partial charge >= 0.3 is 37.7 Å². The van der Waals surface area contributed by atoms with Crippen LogP contribution in [0.1, 0.15) is 0 Å². The van der Waals surface area contributed by atoms with E-state index in [1.54, 1.807) is 18.3 Å². The van der Waals surface area contributed by atoms with Crippen LogP contribution in [0.25, 0.3) is 31.7 Å². The van der Waals surface area contributed by atoms with Gasteiger partial charge in [-0.15, -0.1) is 4.57 Å². The molecule has 5 aromatic rings. The second kappa shape index (κ2) is 10.9. The van der Waals surface area contributed by atoms with Crippen molar-refractivity contribution in [2.45, 2.75) is 6.73 Å². The largest absolute Gasteiger partial charge is 1.00 e. The first-order valence-corrected chi connectivity index (χ1v) is 9.83. The molecule has 7 heteroatoms. The van der Waals surface area contributed by atoms with E-state index in [1.807, 2.05) is 41.7 Å². The van der Waals surface area contributed by atoms with E-state index in [2.05, 4.69) is 45.9 Å². The van der Waals surface area contributed by atoms with E-state index in [1.165, 1.54) is 20.8 Å². The third-order valence-electron chi connectivity index (χ3n) is 4.73. The number of nitrogens with zero attached hydrogens (tertiary/aromatic N) is 1. The SMILES string of the molecule is [CH3-].[Li+].[Li+].[O-]c1cccc2ccc[nH+]c12.c1ccc2c(c1)OC[n+]1c-2sc2ccccc21. The minimum Gasteiger partial charge on any atom is -0.868 e. The Balaban J connectivity index is 0.000000216. The van der Waals surface area contributed by atoms with Gasteiger partial charge in [0.15, 0.2) is 6.20 Å². The van der Waals surface area contributed by atoms with Gasteiger partial charge in [0.1, 0.15) is 10.4 Å². The molecular formula is C24H20Li2N2O2S+2. The zero-order chi connectivity index (χ0) is 18.9. The summed E-state index contributed by atoms with van der Waals surface area (Å²) < 4.78 is 9.33. The number of nitrogens with one attached hydrogen (secondary N) is 1. The second-order valence-electron chi connectivity index (χ2n) is 6.46. The molecule has 0 amide bonds. The maximum atomic E-state index is 11.1. The second-order valence-corrected chi connectivity index (χ2v) is 7.49. The van der Waals surface area contributed by atoms with E-state index < -0.39 is 0 Å². The van der Waals surface area contributed by atoms with Crippen LogP contribution in [0.4, 0.5) is 0 Å². The number of thiazole rings is 1. The van der Waals surface area contributed by atoms with Gasteiger partial charge in [-0.2, -0.15) is 0 Å². The van der Waals surface area contributed by atoms with Gasteiger partial charge in [0, 0.05) is 17.5 Å². The molecule has 1 N–H and O–H groups in total. The summed E-state index contributed by atoms with van der Waals surface area (Å²) in [5.41, 5.74) is 3.12. The Morgan fingerprint density at radius 1 is 0.871 bits per heavy atom. The summed E-state index contributed by atoms with van der Waals surface area (Å²) in [6, 6.07) is 25.7. The van der Waals surface area contributed by atoms with Crippen molar-refractivity contribution in [3.05, 3.63) is 92.5 Å². The van der Waals surface area contributed by atoms with Gasteiger partial charge in [-0.3, -0.25) is 0 Å². The first-order valence-electron chi connectivity index (χ1n) is 9.01. The monoisotopic (exact) mass is 414 g/mol. The Morgan fingerprint density at radius 2 is 1.61 bits per heavy atom. The molecule has 0 saturated heterocycles. The van der Waals surface area contributed by atoms with Crippen LogP contribution in [-0.2, 0) is 6.73 Å². The third kappa shape index (κ3) is 4.83. The van der Waals surface area contributed by atoms with Crippen LogP contribution in [-0.4, -0.2) is 0 Å². The number of hydrogen-bond donors (Lipinski definition) is 0. The van der Waals surface area contributed by atoms with Crippen LogP contribution < -0.4 is 57.1 Å². The molecule has 2 aromatic heterocycles. The summed E-state index contributed by atoms with van der Waals surface area (Å²) in [7, 11) is 0. The fourth-order valence-corrected chi connectivity index (χ4v) is 4.57. The molecule has 3 aromatic carbocycles. The van der Waals surface area contributed by atoms with Crippen LogP contribution in [0.3, 0.4) is 0 Å². The summed E-state index contributed by atoms with van der Waals surface area (Å²) in [5.74, 6) is 1.03. The van der Waals surface area contributed by atoms with Crippen LogP contribution >= 0.6 is 11.3 Å². The molecule has 0 aliphatic carbocycles. The normalized spacial score (nSPS) is 10.7. The maximum Gasteiger partial charge on any atom is 1.00 e. The fourth-order valence-electron chi connectivity index (χ4n) is 3.39. The number of aromatic amines is 1. The molecule has 0 bridgehead atoms. The Morgan fingerprint density at radius 3 is 2.45 bits per heavy atom. The Labute approximate surface area is 209 Å². The van der Waals surface area contributed by atoms with E-state index >= 15 is 0 Å². The molecule has 1 aliphatic heterocycles. The average molecular weight is 414 g/mol. The predicted octanol–water partition coefficient (Wildman–Crippen LogP) is -1.61. The topological polar surface area (TPSA) is 50.3 Å². The maximum absolute atomic E-state index is 11.1.